The van der Waals surface area contributed by atoms with Gasteiger partial charge in [-0.15, -0.1) is 0 Å². The highest BCUT2D eigenvalue weighted by Crippen LogP contribution is 2.12. The molecule has 5 nitrogen and oxygen atoms in total. The van der Waals surface area contributed by atoms with Crippen LogP contribution in [0.2, 0.25) is 0 Å². The molecule has 0 bridgehead atoms. The van der Waals surface area contributed by atoms with Crippen LogP contribution in [0.4, 0.5) is 10.1 Å². The van der Waals surface area contributed by atoms with Crippen molar-refractivity contribution in [3.8, 4) is 0 Å². The number of hydrogen-bond donors (Lipinski definition) is 1. The van der Waals surface area contributed by atoms with Crippen LogP contribution in [0.15, 0.2) is 28.8 Å². The Bertz CT molecular complexity index is 578. The molecular weight excluding hydrogens is 261 g/mol. The highest BCUT2D eigenvalue weighted by Gasteiger charge is 2.11. The van der Waals surface area contributed by atoms with Gasteiger partial charge in [-0.25, -0.2) is 4.39 Å². The Balaban J connectivity index is 1.84. The first-order valence-corrected chi connectivity index (χ1v) is 6.42. The molecular formula is C14H16FN3O2. The third-order valence-corrected chi connectivity index (χ3v) is 2.69. The van der Waals surface area contributed by atoms with E-state index < -0.39 is 0 Å². The number of nitrogens with one attached hydrogen (secondary N) is 1. The molecule has 1 heterocycles. The van der Waals surface area contributed by atoms with Crippen LogP contribution in [-0.2, 0) is 11.2 Å². The van der Waals surface area contributed by atoms with Crippen molar-refractivity contribution in [1.29, 1.82) is 0 Å². The van der Waals surface area contributed by atoms with E-state index in [0.717, 1.165) is 0 Å². The molecule has 0 radical (unpaired) electrons. The molecule has 1 aromatic heterocycles. The number of carbonyl (C=O) groups excluding carboxylic acids is 1. The van der Waals surface area contributed by atoms with E-state index in [-0.39, 0.29) is 24.1 Å². The Hall–Kier alpha value is -2.24. The third-order valence-electron chi connectivity index (χ3n) is 2.69. The lowest BCUT2D eigenvalue weighted by atomic mass is 10.2. The van der Waals surface area contributed by atoms with Crippen LogP contribution < -0.4 is 5.32 Å². The zero-order valence-corrected chi connectivity index (χ0v) is 11.4. The molecule has 0 unspecified atom stereocenters. The van der Waals surface area contributed by atoms with Crippen molar-refractivity contribution in [2.75, 3.05) is 5.32 Å². The number of carbonyl (C=O) groups is 1. The van der Waals surface area contributed by atoms with E-state index in [1.807, 2.05) is 13.8 Å². The topological polar surface area (TPSA) is 68.0 Å². The summed E-state index contributed by atoms with van der Waals surface area (Å²) in [4.78, 5) is 15.9. The molecule has 1 amide bonds. The first-order valence-electron chi connectivity index (χ1n) is 6.42. The fourth-order valence-corrected chi connectivity index (χ4v) is 1.58. The van der Waals surface area contributed by atoms with E-state index in [1.165, 1.54) is 24.3 Å². The molecule has 106 valence electrons. The SMILES string of the molecule is CC(C)c1noc(CCC(=O)Nc2ccc(F)cc2)n1. The summed E-state index contributed by atoms with van der Waals surface area (Å²) < 4.78 is 17.8. The molecule has 0 atom stereocenters. The summed E-state index contributed by atoms with van der Waals surface area (Å²) >= 11 is 0. The van der Waals surface area contributed by atoms with Gasteiger partial charge in [0.2, 0.25) is 11.8 Å². The summed E-state index contributed by atoms with van der Waals surface area (Å²) in [7, 11) is 0. The molecule has 1 aromatic carbocycles. The van der Waals surface area contributed by atoms with E-state index >= 15 is 0 Å². The molecule has 6 heteroatoms. The van der Waals surface area contributed by atoms with Gasteiger partial charge < -0.3 is 9.84 Å². The van der Waals surface area contributed by atoms with Crippen LogP contribution in [0.25, 0.3) is 0 Å². The van der Waals surface area contributed by atoms with Crippen molar-refractivity contribution < 1.29 is 13.7 Å². The van der Waals surface area contributed by atoms with Gasteiger partial charge in [0.15, 0.2) is 5.82 Å². The molecule has 0 aliphatic rings. The van der Waals surface area contributed by atoms with Gasteiger partial charge >= 0.3 is 0 Å². The van der Waals surface area contributed by atoms with Crippen LogP contribution in [-0.4, -0.2) is 16.0 Å². The van der Waals surface area contributed by atoms with Crippen molar-refractivity contribution in [3.63, 3.8) is 0 Å². The summed E-state index contributed by atoms with van der Waals surface area (Å²) in [6.07, 6.45) is 0.615. The summed E-state index contributed by atoms with van der Waals surface area (Å²) in [5, 5.41) is 6.50. The van der Waals surface area contributed by atoms with E-state index in [1.54, 1.807) is 0 Å². The maximum atomic E-state index is 12.7. The zero-order valence-electron chi connectivity index (χ0n) is 11.4. The molecule has 2 aromatic rings. The molecule has 0 spiro atoms. The number of halogens is 1. The van der Waals surface area contributed by atoms with Crippen molar-refractivity contribution >= 4 is 11.6 Å². The number of aryl methyl sites for hydroxylation is 1. The van der Waals surface area contributed by atoms with Gasteiger partial charge in [0.25, 0.3) is 0 Å². The van der Waals surface area contributed by atoms with Crippen LogP contribution in [0.5, 0.6) is 0 Å². The smallest absolute Gasteiger partial charge is 0.227 e. The Morgan fingerprint density at radius 3 is 2.65 bits per heavy atom. The molecule has 2 rings (SSSR count). The van der Waals surface area contributed by atoms with E-state index in [4.69, 9.17) is 4.52 Å². The van der Waals surface area contributed by atoms with Crippen LogP contribution in [0.3, 0.4) is 0 Å². The van der Waals surface area contributed by atoms with Crippen LogP contribution in [0.1, 0.15) is 37.9 Å². The van der Waals surface area contributed by atoms with Crippen molar-refractivity contribution in [2.24, 2.45) is 0 Å². The number of nitrogens with zero attached hydrogens (tertiary/aromatic N) is 2. The minimum atomic E-state index is -0.338. The molecule has 1 N–H and O–H groups in total. The summed E-state index contributed by atoms with van der Waals surface area (Å²) in [5.41, 5.74) is 0.560. The van der Waals surface area contributed by atoms with Crippen molar-refractivity contribution in [3.05, 3.63) is 41.8 Å². The van der Waals surface area contributed by atoms with Gasteiger partial charge in [-0.05, 0) is 24.3 Å². The highest BCUT2D eigenvalue weighted by atomic mass is 19.1. The number of hydrogen-bond acceptors (Lipinski definition) is 4. The number of aromatic nitrogens is 2. The predicted molar refractivity (Wildman–Crippen MR) is 71.7 cm³/mol. The quantitative estimate of drug-likeness (QED) is 0.912. The second-order valence-corrected chi connectivity index (χ2v) is 4.76. The molecule has 0 aliphatic heterocycles. The molecule has 0 saturated carbocycles. The summed E-state index contributed by atoms with van der Waals surface area (Å²) in [5.74, 6) is 0.762. The number of anilines is 1. The fourth-order valence-electron chi connectivity index (χ4n) is 1.58. The number of benzene rings is 1. The number of amides is 1. The second-order valence-electron chi connectivity index (χ2n) is 4.76. The maximum Gasteiger partial charge on any atom is 0.227 e. The predicted octanol–water partition coefficient (Wildman–Crippen LogP) is 2.90. The van der Waals surface area contributed by atoms with E-state index in [9.17, 15) is 9.18 Å². The molecule has 0 fully saturated rings. The number of rotatable bonds is 5. The largest absolute Gasteiger partial charge is 0.339 e. The van der Waals surface area contributed by atoms with Crippen molar-refractivity contribution in [1.82, 2.24) is 10.1 Å². The Labute approximate surface area is 116 Å². The Morgan fingerprint density at radius 1 is 1.35 bits per heavy atom. The van der Waals surface area contributed by atoms with Gasteiger partial charge in [0, 0.05) is 24.4 Å². The first kappa shape index (κ1) is 14.2. The lowest BCUT2D eigenvalue weighted by Crippen LogP contribution is -2.12. The van der Waals surface area contributed by atoms with Gasteiger partial charge in [0.05, 0.1) is 0 Å². The van der Waals surface area contributed by atoms with Crippen LogP contribution >= 0.6 is 0 Å². The molecule has 0 saturated heterocycles. The van der Waals surface area contributed by atoms with Gasteiger partial charge in [-0.2, -0.15) is 4.98 Å². The van der Waals surface area contributed by atoms with E-state index in [2.05, 4.69) is 15.5 Å². The minimum absolute atomic E-state index is 0.180. The highest BCUT2D eigenvalue weighted by molar-refractivity contribution is 5.90. The van der Waals surface area contributed by atoms with Gasteiger partial charge in [-0.3, -0.25) is 4.79 Å². The monoisotopic (exact) mass is 277 g/mol. The maximum absolute atomic E-state index is 12.7. The lowest BCUT2D eigenvalue weighted by Gasteiger charge is -2.03. The standard InChI is InChI=1S/C14H16FN3O2/c1-9(2)14-17-13(20-18-14)8-7-12(19)16-11-5-3-10(15)4-6-11/h3-6,9H,7-8H2,1-2H3,(H,16,19). The van der Waals surface area contributed by atoms with Gasteiger partial charge in [0.1, 0.15) is 5.82 Å². The Morgan fingerprint density at radius 2 is 2.05 bits per heavy atom. The molecule has 20 heavy (non-hydrogen) atoms. The minimum Gasteiger partial charge on any atom is -0.339 e. The molecule has 0 aliphatic carbocycles. The summed E-state index contributed by atoms with van der Waals surface area (Å²) in [6, 6.07) is 5.61. The average molecular weight is 277 g/mol. The third kappa shape index (κ3) is 3.88. The van der Waals surface area contributed by atoms with Crippen molar-refractivity contribution in [2.45, 2.75) is 32.6 Å². The van der Waals surface area contributed by atoms with E-state index in [0.29, 0.717) is 23.8 Å². The lowest BCUT2D eigenvalue weighted by molar-refractivity contribution is -0.116. The summed E-state index contributed by atoms with van der Waals surface area (Å²) in [6.45, 7) is 3.94. The Kier molecular flexibility index (Phi) is 4.45. The normalized spacial score (nSPS) is 10.8. The van der Waals surface area contributed by atoms with Gasteiger partial charge in [-0.1, -0.05) is 19.0 Å². The second kappa shape index (κ2) is 6.27. The zero-order chi connectivity index (χ0) is 14.5. The fraction of sp³-hybridized carbons (Fsp3) is 0.357. The average Bonchev–Trinajstić information content (AvgIpc) is 2.88. The van der Waals surface area contributed by atoms with Crippen LogP contribution in [0, 0.1) is 5.82 Å². The first-order chi connectivity index (χ1) is 9.54.